The Morgan fingerprint density at radius 1 is 1.44 bits per heavy atom. The standard InChI is InChI=1S/C7H12O2/c8-6-1-2-7(3-6)4-9-5-7/h6,8H,1-5H2/t6-/m0/s1. The van der Waals surface area contributed by atoms with Crippen molar-refractivity contribution in [3.05, 3.63) is 0 Å². The summed E-state index contributed by atoms with van der Waals surface area (Å²) in [4.78, 5) is 0. The van der Waals surface area contributed by atoms with E-state index in [0.717, 1.165) is 26.1 Å². The number of hydrogen-bond donors (Lipinski definition) is 1. The number of ether oxygens (including phenoxy) is 1. The summed E-state index contributed by atoms with van der Waals surface area (Å²) in [6, 6.07) is 0. The molecule has 2 nitrogen and oxygen atoms in total. The average molecular weight is 128 g/mol. The van der Waals surface area contributed by atoms with Crippen molar-refractivity contribution < 1.29 is 9.84 Å². The second kappa shape index (κ2) is 1.70. The first-order valence-corrected chi connectivity index (χ1v) is 3.57. The Kier molecular flexibility index (Phi) is 1.08. The van der Waals surface area contributed by atoms with Gasteiger partial charge in [0, 0.05) is 5.41 Å². The highest BCUT2D eigenvalue weighted by Gasteiger charge is 2.44. The first-order chi connectivity index (χ1) is 4.31. The van der Waals surface area contributed by atoms with E-state index in [9.17, 15) is 5.11 Å². The Morgan fingerprint density at radius 3 is 2.44 bits per heavy atom. The zero-order valence-electron chi connectivity index (χ0n) is 5.47. The van der Waals surface area contributed by atoms with Crippen LogP contribution in [-0.2, 0) is 4.74 Å². The number of rotatable bonds is 0. The summed E-state index contributed by atoms with van der Waals surface area (Å²) in [7, 11) is 0. The third-order valence-corrected chi connectivity index (χ3v) is 2.49. The smallest absolute Gasteiger partial charge is 0.0547 e. The van der Waals surface area contributed by atoms with Crippen LogP contribution in [0.25, 0.3) is 0 Å². The molecule has 0 amide bonds. The van der Waals surface area contributed by atoms with Crippen molar-refractivity contribution in [3.8, 4) is 0 Å². The van der Waals surface area contributed by atoms with Crippen molar-refractivity contribution in [1.29, 1.82) is 0 Å². The maximum Gasteiger partial charge on any atom is 0.0547 e. The highest BCUT2D eigenvalue weighted by Crippen LogP contribution is 2.43. The van der Waals surface area contributed by atoms with Gasteiger partial charge in [-0.15, -0.1) is 0 Å². The van der Waals surface area contributed by atoms with Crippen LogP contribution in [0.4, 0.5) is 0 Å². The van der Waals surface area contributed by atoms with Gasteiger partial charge in [0.15, 0.2) is 0 Å². The molecule has 0 radical (unpaired) electrons. The first kappa shape index (κ1) is 5.69. The van der Waals surface area contributed by atoms with Crippen LogP contribution < -0.4 is 0 Å². The molecule has 1 heterocycles. The van der Waals surface area contributed by atoms with Crippen molar-refractivity contribution >= 4 is 0 Å². The van der Waals surface area contributed by atoms with Crippen LogP contribution in [0.15, 0.2) is 0 Å². The molecular weight excluding hydrogens is 116 g/mol. The van der Waals surface area contributed by atoms with E-state index >= 15 is 0 Å². The van der Waals surface area contributed by atoms with Crippen LogP contribution in [0.2, 0.25) is 0 Å². The largest absolute Gasteiger partial charge is 0.393 e. The fourth-order valence-electron chi connectivity index (χ4n) is 1.83. The predicted octanol–water partition coefficient (Wildman–Crippen LogP) is 0.548. The van der Waals surface area contributed by atoms with E-state index in [4.69, 9.17) is 4.74 Å². The molecule has 1 aliphatic heterocycles. The molecule has 2 aliphatic rings. The van der Waals surface area contributed by atoms with Crippen molar-refractivity contribution in [2.24, 2.45) is 5.41 Å². The zero-order chi connectivity index (χ0) is 6.32. The van der Waals surface area contributed by atoms with Crippen LogP contribution in [0.5, 0.6) is 0 Å². The van der Waals surface area contributed by atoms with Crippen molar-refractivity contribution in [1.82, 2.24) is 0 Å². The van der Waals surface area contributed by atoms with Crippen LogP contribution in [0.1, 0.15) is 19.3 Å². The van der Waals surface area contributed by atoms with Gasteiger partial charge in [-0.1, -0.05) is 0 Å². The molecule has 2 fully saturated rings. The summed E-state index contributed by atoms with van der Waals surface area (Å²) in [6.07, 6.45) is 3.11. The van der Waals surface area contributed by atoms with E-state index in [1.165, 1.54) is 6.42 Å². The zero-order valence-corrected chi connectivity index (χ0v) is 5.47. The third-order valence-electron chi connectivity index (χ3n) is 2.49. The van der Waals surface area contributed by atoms with Gasteiger partial charge in [-0.05, 0) is 19.3 Å². The van der Waals surface area contributed by atoms with Gasteiger partial charge in [-0.2, -0.15) is 0 Å². The highest BCUT2D eigenvalue weighted by molar-refractivity contribution is 4.93. The molecule has 1 N–H and O–H groups in total. The van der Waals surface area contributed by atoms with Crippen molar-refractivity contribution in [3.63, 3.8) is 0 Å². The fourth-order valence-corrected chi connectivity index (χ4v) is 1.83. The fraction of sp³-hybridized carbons (Fsp3) is 1.00. The third kappa shape index (κ3) is 0.775. The lowest BCUT2D eigenvalue weighted by atomic mass is 9.84. The highest BCUT2D eigenvalue weighted by atomic mass is 16.5. The van der Waals surface area contributed by atoms with Gasteiger partial charge in [0.05, 0.1) is 19.3 Å². The first-order valence-electron chi connectivity index (χ1n) is 3.57. The van der Waals surface area contributed by atoms with E-state index in [1.54, 1.807) is 0 Å². The second-order valence-electron chi connectivity index (χ2n) is 3.39. The summed E-state index contributed by atoms with van der Waals surface area (Å²) in [6.45, 7) is 1.79. The SMILES string of the molecule is O[C@H]1CCC2(COC2)C1. The molecule has 0 aromatic carbocycles. The van der Waals surface area contributed by atoms with Gasteiger partial charge < -0.3 is 9.84 Å². The van der Waals surface area contributed by atoms with E-state index in [0.29, 0.717) is 5.41 Å². The molecule has 52 valence electrons. The Bertz CT molecular complexity index is 118. The number of hydrogen-bond acceptors (Lipinski definition) is 2. The molecular formula is C7H12O2. The molecule has 1 saturated carbocycles. The molecule has 0 unspecified atom stereocenters. The Labute approximate surface area is 54.8 Å². The molecule has 1 aliphatic carbocycles. The van der Waals surface area contributed by atoms with E-state index < -0.39 is 0 Å². The van der Waals surface area contributed by atoms with Gasteiger partial charge in [0.1, 0.15) is 0 Å². The minimum absolute atomic E-state index is 0.0334. The summed E-state index contributed by atoms with van der Waals surface area (Å²) >= 11 is 0. The predicted molar refractivity (Wildman–Crippen MR) is 33.1 cm³/mol. The molecule has 1 spiro atoms. The van der Waals surface area contributed by atoms with E-state index in [2.05, 4.69) is 0 Å². The minimum atomic E-state index is -0.0334. The topological polar surface area (TPSA) is 29.5 Å². The minimum Gasteiger partial charge on any atom is -0.393 e. The van der Waals surface area contributed by atoms with E-state index in [1.807, 2.05) is 0 Å². The van der Waals surface area contributed by atoms with Crippen LogP contribution in [0, 0.1) is 5.41 Å². The number of aliphatic hydroxyl groups is 1. The van der Waals surface area contributed by atoms with E-state index in [-0.39, 0.29) is 6.10 Å². The molecule has 2 heteroatoms. The Morgan fingerprint density at radius 2 is 2.22 bits per heavy atom. The normalized spacial score (nSPS) is 39.0. The molecule has 9 heavy (non-hydrogen) atoms. The summed E-state index contributed by atoms with van der Waals surface area (Å²) in [5.41, 5.74) is 0.416. The Balaban J connectivity index is 1.99. The molecule has 1 saturated heterocycles. The van der Waals surface area contributed by atoms with Gasteiger partial charge in [-0.25, -0.2) is 0 Å². The molecule has 2 rings (SSSR count). The second-order valence-corrected chi connectivity index (χ2v) is 3.39. The van der Waals surface area contributed by atoms with Gasteiger partial charge in [0.25, 0.3) is 0 Å². The summed E-state index contributed by atoms with van der Waals surface area (Å²) in [5.74, 6) is 0. The van der Waals surface area contributed by atoms with Crippen molar-refractivity contribution in [2.45, 2.75) is 25.4 Å². The lowest BCUT2D eigenvalue weighted by Crippen LogP contribution is -2.40. The van der Waals surface area contributed by atoms with Crippen LogP contribution in [-0.4, -0.2) is 24.4 Å². The van der Waals surface area contributed by atoms with Gasteiger partial charge in [0.2, 0.25) is 0 Å². The Hall–Kier alpha value is -0.0800. The molecule has 1 atom stereocenters. The lowest BCUT2D eigenvalue weighted by molar-refractivity contribution is -0.112. The lowest BCUT2D eigenvalue weighted by Gasteiger charge is -2.37. The number of aliphatic hydroxyl groups excluding tert-OH is 1. The maximum atomic E-state index is 9.17. The monoisotopic (exact) mass is 128 g/mol. The quantitative estimate of drug-likeness (QED) is 0.516. The van der Waals surface area contributed by atoms with Crippen LogP contribution >= 0.6 is 0 Å². The van der Waals surface area contributed by atoms with Crippen molar-refractivity contribution in [2.75, 3.05) is 13.2 Å². The van der Waals surface area contributed by atoms with Gasteiger partial charge in [-0.3, -0.25) is 0 Å². The summed E-state index contributed by atoms with van der Waals surface area (Å²) in [5, 5.41) is 9.17. The molecule has 0 aromatic heterocycles. The summed E-state index contributed by atoms with van der Waals surface area (Å²) < 4.78 is 5.10. The van der Waals surface area contributed by atoms with Crippen LogP contribution in [0.3, 0.4) is 0 Å². The van der Waals surface area contributed by atoms with Gasteiger partial charge >= 0.3 is 0 Å². The molecule has 0 aromatic rings. The average Bonchev–Trinajstić information content (AvgIpc) is 2.09. The maximum absolute atomic E-state index is 9.17. The molecule has 0 bridgehead atoms.